The maximum Gasteiger partial charge on any atom is 0.243 e. The third kappa shape index (κ3) is 6.19. The normalized spacial score (nSPS) is 13.0. The minimum atomic E-state index is -0.617. The second kappa shape index (κ2) is 6.53. The van der Waals surface area contributed by atoms with E-state index in [0.29, 0.717) is 13.0 Å². The van der Waals surface area contributed by atoms with Gasteiger partial charge in [0, 0.05) is 13.0 Å². The molecule has 0 unspecified atom stereocenters. The number of carbonyl (C=O) groups excluding carboxylic acids is 2. The van der Waals surface area contributed by atoms with Crippen molar-refractivity contribution in [2.75, 3.05) is 20.6 Å². The van der Waals surface area contributed by atoms with Crippen molar-refractivity contribution < 1.29 is 9.59 Å². The zero-order valence-electron chi connectivity index (χ0n) is 9.91. The predicted octanol–water partition coefficient (Wildman–Crippen LogP) is -0.436. The molecule has 5 heteroatoms. The molecule has 0 aromatic carbocycles. The Morgan fingerprint density at radius 1 is 1.33 bits per heavy atom. The Bertz CT molecular complexity index is 227. The van der Waals surface area contributed by atoms with Crippen LogP contribution in [0.15, 0.2) is 0 Å². The Labute approximate surface area is 91.0 Å². The molecule has 1 atom stereocenters. The first-order valence-corrected chi connectivity index (χ1v) is 5.08. The summed E-state index contributed by atoms with van der Waals surface area (Å²) in [7, 11) is 3.74. The van der Waals surface area contributed by atoms with E-state index in [-0.39, 0.29) is 11.8 Å². The molecule has 0 radical (unpaired) electrons. The monoisotopic (exact) mass is 215 g/mol. The summed E-state index contributed by atoms with van der Waals surface area (Å²) in [5, 5.41) is 2.29. The van der Waals surface area contributed by atoms with Gasteiger partial charge in [0.15, 0.2) is 0 Å². The van der Waals surface area contributed by atoms with Gasteiger partial charge in [-0.25, -0.2) is 0 Å². The molecule has 0 heterocycles. The van der Waals surface area contributed by atoms with Crippen molar-refractivity contribution in [3.8, 4) is 0 Å². The SMILES string of the molecule is CC(C)[C@H](N)C(=O)NC(=O)CCN(C)C. The van der Waals surface area contributed by atoms with Crippen molar-refractivity contribution in [1.29, 1.82) is 0 Å². The maximum atomic E-state index is 11.4. The summed E-state index contributed by atoms with van der Waals surface area (Å²) in [6.45, 7) is 4.30. The van der Waals surface area contributed by atoms with Crippen LogP contribution in [0.2, 0.25) is 0 Å². The highest BCUT2D eigenvalue weighted by molar-refractivity contribution is 5.97. The molecule has 0 aliphatic heterocycles. The molecule has 0 aromatic heterocycles. The molecule has 3 N–H and O–H groups in total. The van der Waals surface area contributed by atoms with Gasteiger partial charge in [-0.3, -0.25) is 14.9 Å². The smallest absolute Gasteiger partial charge is 0.243 e. The summed E-state index contributed by atoms with van der Waals surface area (Å²) in [6.07, 6.45) is 0.309. The van der Waals surface area contributed by atoms with Gasteiger partial charge in [-0.1, -0.05) is 13.8 Å². The number of carbonyl (C=O) groups is 2. The number of nitrogens with one attached hydrogen (secondary N) is 1. The first-order valence-electron chi connectivity index (χ1n) is 5.08. The van der Waals surface area contributed by atoms with Crippen molar-refractivity contribution in [3.63, 3.8) is 0 Å². The number of nitrogens with two attached hydrogens (primary N) is 1. The molecule has 0 spiro atoms. The quantitative estimate of drug-likeness (QED) is 0.652. The van der Waals surface area contributed by atoms with E-state index in [1.165, 1.54) is 0 Å². The first kappa shape index (κ1) is 14.1. The lowest BCUT2D eigenvalue weighted by Gasteiger charge is -2.15. The van der Waals surface area contributed by atoms with Crippen molar-refractivity contribution >= 4 is 11.8 Å². The first-order chi connectivity index (χ1) is 6.84. The van der Waals surface area contributed by atoms with Gasteiger partial charge < -0.3 is 10.6 Å². The third-order valence-electron chi connectivity index (χ3n) is 2.07. The van der Waals surface area contributed by atoms with Gasteiger partial charge in [-0.2, -0.15) is 0 Å². The molecule has 0 bridgehead atoms. The van der Waals surface area contributed by atoms with Gasteiger partial charge in [0.05, 0.1) is 6.04 Å². The third-order valence-corrected chi connectivity index (χ3v) is 2.07. The Hall–Kier alpha value is -0.940. The highest BCUT2D eigenvalue weighted by atomic mass is 16.2. The van der Waals surface area contributed by atoms with Crippen LogP contribution in [0.25, 0.3) is 0 Å². The lowest BCUT2D eigenvalue weighted by molar-refractivity contribution is -0.131. The van der Waals surface area contributed by atoms with E-state index in [9.17, 15) is 9.59 Å². The summed E-state index contributed by atoms with van der Waals surface area (Å²) in [4.78, 5) is 24.5. The van der Waals surface area contributed by atoms with Crippen LogP contribution in [-0.2, 0) is 9.59 Å². The van der Waals surface area contributed by atoms with E-state index in [1.807, 2.05) is 32.8 Å². The molecule has 5 nitrogen and oxygen atoms in total. The summed E-state index contributed by atoms with van der Waals surface area (Å²) in [5.41, 5.74) is 5.59. The fourth-order valence-electron chi connectivity index (χ4n) is 0.911. The zero-order valence-corrected chi connectivity index (χ0v) is 9.91. The number of hydrogen-bond donors (Lipinski definition) is 2. The summed E-state index contributed by atoms with van der Waals surface area (Å²) in [5.74, 6) is -0.634. The van der Waals surface area contributed by atoms with Crippen LogP contribution >= 0.6 is 0 Å². The van der Waals surface area contributed by atoms with Crippen molar-refractivity contribution in [3.05, 3.63) is 0 Å². The molecule has 15 heavy (non-hydrogen) atoms. The topological polar surface area (TPSA) is 75.4 Å². The van der Waals surface area contributed by atoms with E-state index < -0.39 is 11.9 Å². The average Bonchev–Trinajstić information content (AvgIpc) is 2.13. The van der Waals surface area contributed by atoms with Gasteiger partial charge >= 0.3 is 0 Å². The molecule has 0 saturated carbocycles. The number of rotatable bonds is 5. The summed E-state index contributed by atoms with van der Waals surface area (Å²) < 4.78 is 0. The zero-order chi connectivity index (χ0) is 12.0. The number of imide groups is 1. The van der Waals surface area contributed by atoms with Crippen molar-refractivity contribution in [2.45, 2.75) is 26.3 Å². The van der Waals surface area contributed by atoms with Gasteiger partial charge in [-0.05, 0) is 20.0 Å². The molecule has 0 aliphatic carbocycles. The molecular formula is C10H21N3O2. The van der Waals surface area contributed by atoms with E-state index in [2.05, 4.69) is 5.32 Å². The fourth-order valence-corrected chi connectivity index (χ4v) is 0.911. The van der Waals surface area contributed by atoms with Gasteiger partial charge in [-0.15, -0.1) is 0 Å². The largest absolute Gasteiger partial charge is 0.320 e. The van der Waals surface area contributed by atoms with Crippen molar-refractivity contribution in [2.24, 2.45) is 11.7 Å². The van der Waals surface area contributed by atoms with Crippen LogP contribution in [0, 0.1) is 5.92 Å². The lowest BCUT2D eigenvalue weighted by atomic mass is 10.1. The van der Waals surface area contributed by atoms with E-state index in [0.717, 1.165) is 0 Å². The second-order valence-electron chi connectivity index (χ2n) is 4.24. The molecule has 88 valence electrons. The van der Waals surface area contributed by atoms with Crippen LogP contribution < -0.4 is 11.1 Å². The highest BCUT2D eigenvalue weighted by Gasteiger charge is 2.18. The minimum Gasteiger partial charge on any atom is -0.320 e. The maximum absolute atomic E-state index is 11.4. The molecular weight excluding hydrogens is 194 g/mol. The fraction of sp³-hybridized carbons (Fsp3) is 0.800. The number of hydrogen-bond acceptors (Lipinski definition) is 4. The van der Waals surface area contributed by atoms with Crippen LogP contribution in [-0.4, -0.2) is 43.4 Å². The van der Waals surface area contributed by atoms with Gasteiger partial charge in [0.25, 0.3) is 0 Å². The predicted molar refractivity (Wildman–Crippen MR) is 59.1 cm³/mol. The lowest BCUT2D eigenvalue weighted by Crippen LogP contribution is -2.46. The Morgan fingerprint density at radius 2 is 1.87 bits per heavy atom. The molecule has 0 rings (SSSR count). The number of amides is 2. The van der Waals surface area contributed by atoms with Crippen LogP contribution in [0.4, 0.5) is 0 Å². The van der Waals surface area contributed by atoms with E-state index >= 15 is 0 Å². The molecule has 0 aromatic rings. The van der Waals surface area contributed by atoms with Gasteiger partial charge in [0.1, 0.15) is 0 Å². The average molecular weight is 215 g/mol. The van der Waals surface area contributed by atoms with Crippen LogP contribution in [0.1, 0.15) is 20.3 Å². The molecule has 0 saturated heterocycles. The number of nitrogens with zero attached hydrogens (tertiary/aromatic N) is 1. The Kier molecular flexibility index (Phi) is 6.12. The van der Waals surface area contributed by atoms with E-state index in [4.69, 9.17) is 5.73 Å². The summed E-state index contributed by atoms with van der Waals surface area (Å²) >= 11 is 0. The molecule has 0 fully saturated rings. The highest BCUT2D eigenvalue weighted by Crippen LogP contribution is 1.97. The second-order valence-corrected chi connectivity index (χ2v) is 4.24. The van der Waals surface area contributed by atoms with Gasteiger partial charge in [0.2, 0.25) is 11.8 Å². The molecule has 0 aliphatic rings. The standard InChI is InChI=1S/C10H21N3O2/c1-7(2)9(11)10(15)12-8(14)5-6-13(3)4/h7,9H,5-6,11H2,1-4H3,(H,12,14,15)/t9-/m0/s1. The summed E-state index contributed by atoms with van der Waals surface area (Å²) in [6, 6.07) is -0.617. The van der Waals surface area contributed by atoms with Crippen LogP contribution in [0.3, 0.4) is 0 Å². The Balaban J connectivity index is 3.91. The van der Waals surface area contributed by atoms with Crippen molar-refractivity contribution in [1.82, 2.24) is 10.2 Å². The minimum absolute atomic E-state index is 0.0339. The molecule has 2 amide bonds. The Morgan fingerprint density at radius 3 is 2.27 bits per heavy atom. The van der Waals surface area contributed by atoms with Crippen LogP contribution in [0.5, 0.6) is 0 Å². The van der Waals surface area contributed by atoms with E-state index in [1.54, 1.807) is 0 Å².